The Hall–Kier alpha value is -0.0400. The maximum absolute atomic E-state index is 3.74. The number of hydrogen-bond donors (Lipinski definition) is 1. The van der Waals surface area contributed by atoms with Crippen LogP contribution in [0.15, 0.2) is 0 Å². The molecule has 0 fully saturated rings. The van der Waals surface area contributed by atoms with Gasteiger partial charge >= 0.3 is 0 Å². The standard InChI is InChI=1S/C15H33N/c1-9-10-14(5,6)12-16-15(7,8)11-13(2,3)4/h16H,9-12H2,1-8H3. The molecule has 0 aliphatic carbocycles. The lowest BCUT2D eigenvalue weighted by Crippen LogP contribution is -2.46. The molecule has 0 aliphatic heterocycles. The lowest BCUT2D eigenvalue weighted by molar-refractivity contribution is 0.205. The Labute approximate surface area is 103 Å². The zero-order chi connectivity index (χ0) is 13.0. The van der Waals surface area contributed by atoms with Crippen molar-refractivity contribution in [1.82, 2.24) is 5.32 Å². The zero-order valence-electron chi connectivity index (χ0n) is 12.8. The first-order valence-corrected chi connectivity index (χ1v) is 6.72. The lowest BCUT2D eigenvalue weighted by Gasteiger charge is -2.37. The van der Waals surface area contributed by atoms with Crippen molar-refractivity contribution in [2.24, 2.45) is 10.8 Å². The van der Waals surface area contributed by atoms with E-state index in [9.17, 15) is 0 Å². The second kappa shape index (κ2) is 5.53. The van der Waals surface area contributed by atoms with E-state index in [1.807, 2.05) is 0 Å². The molecule has 98 valence electrons. The molecule has 1 heteroatoms. The van der Waals surface area contributed by atoms with Gasteiger partial charge in [-0.1, -0.05) is 48.0 Å². The maximum atomic E-state index is 3.74. The molecule has 0 saturated heterocycles. The minimum atomic E-state index is 0.239. The summed E-state index contributed by atoms with van der Waals surface area (Å²) < 4.78 is 0. The topological polar surface area (TPSA) is 12.0 Å². The molecular weight excluding hydrogens is 194 g/mol. The molecule has 0 bridgehead atoms. The molecule has 0 heterocycles. The van der Waals surface area contributed by atoms with Crippen molar-refractivity contribution in [3.8, 4) is 0 Å². The van der Waals surface area contributed by atoms with Gasteiger partial charge in [0.05, 0.1) is 0 Å². The van der Waals surface area contributed by atoms with Crippen LogP contribution in [0.1, 0.15) is 74.7 Å². The molecule has 0 saturated carbocycles. The lowest BCUT2D eigenvalue weighted by atomic mass is 9.80. The molecule has 0 aromatic heterocycles. The van der Waals surface area contributed by atoms with Crippen LogP contribution in [-0.2, 0) is 0 Å². The Balaban J connectivity index is 4.18. The zero-order valence-corrected chi connectivity index (χ0v) is 12.8. The third-order valence-electron chi connectivity index (χ3n) is 2.94. The first-order valence-electron chi connectivity index (χ1n) is 6.72. The van der Waals surface area contributed by atoms with E-state index in [0.29, 0.717) is 10.8 Å². The minimum absolute atomic E-state index is 0.239. The molecule has 0 atom stereocenters. The van der Waals surface area contributed by atoms with Gasteiger partial charge in [-0.05, 0) is 37.5 Å². The second-order valence-electron chi connectivity index (χ2n) is 7.89. The van der Waals surface area contributed by atoms with Crippen molar-refractivity contribution in [3.05, 3.63) is 0 Å². The molecule has 0 aromatic rings. The summed E-state index contributed by atoms with van der Waals surface area (Å²) in [5.41, 5.74) is 1.05. The third kappa shape index (κ3) is 8.15. The van der Waals surface area contributed by atoms with Crippen LogP contribution in [0.2, 0.25) is 0 Å². The van der Waals surface area contributed by atoms with Gasteiger partial charge in [-0.15, -0.1) is 0 Å². The van der Waals surface area contributed by atoms with Crippen LogP contribution in [-0.4, -0.2) is 12.1 Å². The molecule has 0 aromatic carbocycles. The highest BCUT2D eigenvalue weighted by molar-refractivity contribution is 4.85. The molecule has 0 spiro atoms. The van der Waals surface area contributed by atoms with Crippen molar-refractivity contribution < 1.29 is 0 Å². The average Bonchev–Trinajstić information content (AvgIpc) is 1.97. The van der Waals surface area contributed by atoms with Crippen LogP contribution >= 0.6 is 0 Å². The fourth-order valence-corrected chi connectivity index (χ4v) is 2.63. The quantitative estimate of drug-likeness (QED) is 0.698. The van der Waals surface area contributed by atoms with Gasteiger partial charge in [-0.2, -0.15) is 0 Å². The summed E-state index contributed by atoms with van der Waals surface area (Å²) in [5, 5.41) is 3.74. The molecule has 1 nitrogen and oxygen atoms in total. The fraction of sp³-hybridized carbons (Fsp3) is 1.00. The number of nitrogens with one attached hydrogen (secondary N) is 1. The van der Waals surface area contributed by atoms with Crippen LogP contribution < -0.4 is 5.32 Å². The van der Waals surface area contributed by atoms with E-state index < -0.39 is 0 Å². The van der Waals surface area contributed by atoms with Crippen molar-refractivity contribution >= 4 is 0 Å². The summed E-state index contributed by atoms with van der Waals surface area (Å²) in [7, 11) is 0. The van der Waals surface area contributed by atoms with E-state index >= 15 is 0 Å². The van der Waals surface area contributed by atoms with Gasteiger partial charge in [0.2, 0.25) is 0 Å². The van der Waals surface area contributed by atoms with Crippen LogP contribution in [0, 0.1) is 10.8 Å². The fourth-order valence-electron chi connectivity index (χ4n) is 2.63. The first kappa shape index (κ1) is 16.0. The number of hydrogen-bond acceptors (Lipinski definition) is 1. The Bertz CT molecular complexity index is 196. The molecule has 0 aliphatic rings. The molecule has 0 unspecified atom stereocenters. The van der Waals surface area contributed by atoms with Gasteiger partial charge in [0.25, 0.3) is 0 Å². The summed E-state index contributed by atoms with van der Waals surface area (Å²) in [6.45, 7) is 19.7. The second-order valence-corrected chi connectivity index (χ2v) is 7.89. The summed E-state index contributed by atoms with van der Waals surface area (Å²) in [6.07, 6.45) is 3.78. The smallest absolute Gasteiger partial charge is 0.0130 e. The van der Waals surface area contributed by atoms with Gasteiger partial charge in [0.15, 0.2) is 0 Å². The monoisotopic (exact) mass is 227 g/mol. The van der Waals surface area contributed by atoms with E-state index in [4.69, 9.17) is 0 Å². The highest BCUT2D eigenvalue weighted by atomic mass is 15.0. The van der Waals surface area contributed by atoms with Gasteiger partial charge < -0.3 is 5.32 Å². The van der Waals surface area contributed by atoms with Gasteiger partial charge in [-0.25, -0.2) is 0 Å². The van der Waals surface area contributed by atoms with E-state index in [2.05, 4.69) is 60.7 Å². The summed E-state index contributed by atoms with van der Waals surface area (Å²) in [5.74, 6) is 0. The Kier molecular flexibility index (Phi) is 5.52. The summed E-state index contributed by atoms with van der Waals surface area (Å²) >= 11 is 0. The molecule has 0 rings (SSSR count). The number of rotatable bonds is 6. The van der Waals surface area contributed by atoms with Gasteiger partial charge in [0, 0.05) is 12.1 Å². The molecule has 1 N–H and O–H groups in total. The van der Waals surface area contributed by atoms with Gasteiger partial charge in [0.1, 0.15) is 0 Å². The Morgan fingerprint density at radius 1 is 0.875 bits per heavy atom. The molecule has 16 heavy (non-hydrogen) atoms. The van der Waals surface area contributed by atoms with Crippen LogP contribution in [0.4, 0.5) is 0 Å². The maximum Gasteiger partial charge on any atom is 0.0130 e. The molecule has 0 radical (unpaired) electrons. The normalized spacial score (nSPS) is 14.2. The van der Waals surface area contributed by atoms with Crippen molar-refractivity contribution in [3.63, 3.8) is 0 Å². The SMILES string of the molecule is CCCC(C)(C)CNC(C)(C)CC(C)(C)C. The van der Waals surface area contributed by atoms with E-state index in [1.165, 1.54) is 19.3 Å². The Morgan fingerprint density at radius 2 is 1.38 bits per heavy atom. The highest BCUT2D eigenvalue weighted by Crippen LogP contribution is 2.28. The highest BCUT2D eigenvalue weighted by Gasteiger charge is 2.27. The average molecular weight is 227 g/mol. The van der Waals surface area contributed by atoms with Crippen LogP contribution in [0.3, 0.4) is 0 Å². The Morgan fingerprint density at radius 3 is 1.75 bits per heavy atom. The van der Waals surface area contributed by atoms with Gasteiger partial charge in [-0.3, -0.25) is 0 Å². The van der Waals surface area contributed by atoms with E-state index in [-0.39, 0.29) is 5.54 Å². The van der Waals surface area contributed by atoms with Crippen LogP contribution in [0.25, 0.3) is 0 Å². The molecule has 0 amide bonds. The van der Waals surface area contributed by atoms with Crippen LogP contribution in [0.5, 0.6) is 0 Å². The predicted octanol–water partition coefficient (Wildman–Crippen LogP) is 4.62. The van der Waals surface area contributed by atoms with Crippen molar-refractivity contribution in [2.45, 2.75) is 80.2 Å². The van der Waals surface area contributed by atoms with E-state index in [0.717, 1.165) is 6.54 Å². The largest absolute Gasteiger partial charge is 0.311 e. The summed E-state index contributed by atoms with van der Waals surface area (Å²) in [4.78, 5) is 0. The van der Waals surface area contributed by atoms with Crippen molar-refractivity contribution in [1.29, 1.82) is 0 Å². The predicted molar refractivity (Wildman–Crippen MR) is 74.8 cm³/mol. The third-order valence-corrected chi connectivity index (χ3v) is 2.94. The van der Waals surface area contributed by atoms with Crippen molar-refractivity contribution in [2.75, 3.05) is 6.54 Å². The summed E-state index contributed by atoms with van der Waals surface area (Å²) in [6, 6.07) is 0. The molecular formula is C15H33N. The minimum Gasteiger partial charge on any atom is -0.311 e. The van der Waals surface area contributed by atoms with E-state index in [1.54, 1.807) is 0 Å². The first-order chi connectivity index (χ1) is 6.97.